The quantitative estimate of drug-likeness (QED) is 0.716. The molecule has 2 aromatic heterocycles. The Bertz CT molecular complexity index is 781. The fraction of sp³-hybridized carbons (Fsp3) is 0.214. The zero-order valence-electron chi connectivity index (χ0n) is 12.5. The molecule has 1 N–H and O–H groups in total. The van der Waals surface area contributed by atoms with Gasteiger partial charge in [-0.15, -0.1) is 10.2 Å². The number of carbonyl (C=O) groups excluding carboxylic acids is 1. The van der Waals surface area contributed by atoms with Crippen molar-refractivity contribution in [1.29, 1.82) is 0 Å². The highest BCUT2D eigenvalue weighted by Crippen LogP contribution is 2.09. The van der Waals surface area contributed by atoms with Crippen LogP contribution in [0.3, 0.4) is 0 Å². The zero-order chi connectivity index (χ0) is 16.1. The maximum atomic E-state index is 11.9. The van der Waals surface area contributed by atoms with E-state index in [1.54, 1.807) is 24.1 Å². The second-order valence-corrected chi connectivity index (χ2v) is 4.79. The number of tetrazole rings is 1. The van der Waals surface area contributed by atoms with Gasteiger partial charge in [0.15, 0.2) is 6.61 Å². The summed E-state index contributed by atoms with van der Waals surface area (Å²) in [6, 6.07) is 9.34. The van der Waals surface area contributed by atoms with Crippen LogP contribution in [-0.4, -0.2) is 35.9 Å². The normalized spacial score (nSPS) is 10.5. The van der Waals surface area contributed by atoms with Crippen molar-refractivity contribution in [2.24, 2.45) is 7.05 Å². The molecule has 2 heterocycles. The zero-order valence-corrected chi connectivity index (χ0v) is 12.5. The minimum atomic E-state index is -0.258. The van der Waals surface area contributed by atoms with Crippen LogP contribution in [0.15, 0.2) is 42.7 Å². The van der Waals surface area contributed by atoms with Gasteiger partial charge in [0.25, 0.3) is 0 Å². The molecule has 0 aliphatic rings. The predicted octanol–water partition coefficient (Wildman–Crippen LogP) is 0.624. The smallest absolute Gasteiger partial charge is 0.248 e. The second-order valence-electron chi connectivity index (χ2n) is 4.79. The molecule has 1 amide bonds. The molecule has 0 aliphatic carbocycles. The van der Waals surface area contributed by atoms with Gasteiger partial charge >= 0.3 is 0 Å². The third kappa shape index (κ3) is 4.13. The lowest BCUT2D eigenvalue weighted by Gasteiger charge is -2.02. The fourth-order valence-electron chi connectivity index (χ4n) is 1.88. The van der Waals surface area contributed by atoms with Gasteiger partial charge in [-0.1, -0.05) is 18.2 Å². The van der Waals surface area contributed by atoms with Crippen LogP contribution >= 0.6 is 0 Å². The highest BCUT2D eigenvalue weighted by atomic mass is 16.5. The van der Waals surface area contributed by atoms with Crippen molar-refractivity contribution in [2.45, 2.75) is 13.2 Å². The summed E-state index contributed by atoms with van der Waals surface area (Å²) < 4.78 is 7.12. The number of carbonyl (C=O) groups is 1. The summed E-state index contributed by atoms with van der Waals surface area (Å²) in [5.74, 6) is 0.868. The number of benzene rings is 1. The Morgan fingerprint density at radius 2 is 2.13 bits per heavy atom. The first-order valence-electron chi connectivity index (χ1n) is 6.92. The summed E-state index contributed by atoms with van der Waals surface area (Å²) >= 11 is 0. The molecule has 0 saturated heterocycles. The molecule has 0 spiro atoms. The Balaban J connectivity index is 1.51. The molecular weight excluding hydrogens is 298 g/mol. The number of para-hydroxylation sites is 1. The number of hydrogen-bond donors (Lipinski definition) is 1. The molecule has 0 saturated carbocycles. The van der Waals surface area contributed by atoms with E-state index >= 15 is 0 Å². The molecular formula is C14H15N7O2. The Morgan fingerprint density at radius 1 is 1.30 bits per heavy atom. The van der Waals surface area contributed by atoms with E-state index in [-0.39, 0.29) is 19.1 Å². The van der Waals surface area contributed by atoms with E-state index < -0.39 is 0 Å². The van der Waals surface area contributed by atoms with Gasteiger partial charge in [0, 0.05) is 13.2 Å². The van der Waals surface area contributed by atoms with Crippen LogP contribution in [0.4, 0.5) is 5.69 Å². The minimum absolute atomic E-state index is 0.0345. The van der Waals surface area contributed by atoms with E-state index in [2.05, 4.69) is 25.8 Å². The summed E-state index contributed by atoms with van der Waals surface area (Å²) in [5, 5.41) is 18.5. The van der Waals surface area contributed by atoms with Crippen molar-refractivity contribution in [2.75, 3.05) is 5.32 Å². The first-order valence-corrected chi connectivity index (χ1v) is 6.92. The second kappa shape index (κ2) is 6.69. The lowest BCUT2D eigenvalue weighted by Crippen LogP contribution is -2.20. The van der Waals surface area contributed by atoms with Gasteiger partial charge in [0.2, 0.25) is 11.7 Å². The van der Waals surface area contributed by atoms with Gasteiger partial charge in [-0.3, -0.25) is 9.48 Å². The number of amides is 1. The van der Waals surface area contributed by atoms with Gasteiger partial charge in [-0.05, 0) is 17.3 Å². The lowest BCUT2D eigenvalue weighted by molar-refractivity contribution is -0.117. The van der Waals surface area contributed by atoms with Crippen LogP contribution in [0.1, 0.15) is 5.82 Å². The molecule has 0 bridgehead atoms. The Morgan fingerprint density at radius 3 is 2.87 bits per heavy atom. The Kier molecular flexibility index (Phi) is 4.27. The molecule has 0 radical (unpaired) electrons. The monoisotopic (exact) mass is 313 g/mol. The number of nitrogens with zero attached hydrogens (tertiary/aromatic N) is 6. The van der Waals surface area contributed by atoms with E-state index in [0.717, 1.165) is 5.75 Å². The van der Waals surface area contributed by atoms with Gasteiger partial charge in [0.1, 0.15) is 12.3 Å². The van der Waals surface area contributed by atoms with Gasteiger partial charge in [-0.25, -0.2) is 0 Å². The van der Waals surface area contributed by atoms with E-state index in [1.165, 1.54) is 4.80 Å². The molecule has 0 atom stereocenters. The number of rotatable bonds is 6. The molecule has 118 valence electrons. The number of nitrogens with one attached hydrogen (secondary N) is 1. The topological polar surface area (TPSA) is 99.8 Å². The van der Waals surface area contributed by atoms with E-state index in [4.69, 9.17) is 4.74 Å². The van der Waals surface area contributed by atoms with Crippen molar-refractivity contribution in [3.05, 3.63) is 48.5 Å². The molecule has 3 aromatic rings. The molecule has 0 fully saturated rings. The number of hydrogen-bond acceptors (Lipinski definition) is 6. The minimum Gasteiger partial charge on any atom is -0.485 e. The maximum Gasteiger partial charge on any atom is 0.248 e. The molecule has 9 heteroatoms. The van der Waals surface area contributed by atoms with Crippen LogP contribution in [0.5, 0.6) is 5.75 Å². The lowest BCUT2D eigenvalue weighted by atomic mass is 10.3. The first kappa shape index (κ1) is 14.7. The largest absolute Gasteiger partial charge is 0.485 e. The van der Waals surface area contributed by atoms with E-state index in [1.807, 2.05) is 30.3 Å². The maximum absolute atomic E-state index is 11.9. The molecule has 9 nitrogen and oxygen atoms in total. The van der Waals surface area contributed by atoms with Crippen LogP contribution in [0.2, 0.25) is 0 Å². The molecule has 0 aliphatic heterocycles. The molecule has 23 heavy (non-hydrogen) atoms. The fourth-order valence-corrected chi connectivity index (χ4v) is 1.88. The summed E-state index contributed by atoms with van der Waals surface area (Å²) in [6.07, 6.45) is 3.26. The average Bonchev–Trinajstić information content (AvgIpc) is 3.15. The highest BCUT2D eigenvalue weighted by molar-refractivity contribution is 5.90. The van der Waals surface area contributed by atoms with Crippen molar-refractivity contribution in [3.63, 3.8) is 0 Å². The number of aromatic nitrogens is 6. The predicted molar refractivity (Wildman–Crippen MR) is 80.4 cm³/mol. The van der Waals surface area contributed by atoms with Crippen LogP contribution in [0, 0.1) is 0 Å². The first-order chi connectivity index (χ1) is 11.2. The van der Waals surface area contributed by atoms with Gasteiger partial charge in [0.05, 0.1) is 11.9 Å². The molecule has 0 unspecified atom stereocenters. The Labute approximate surface area is 131 Å². The number of aryl methyl sites for hydroxylation is 1. The summed E-state index contributed by atoms with van der Waals surface area (Å²) in [6.45, 7) is 0.154. The van der Waals surface area contributed by atoms with Gasteiger partial charge < -0.3 is 10.1 Å². The molecule has 1 aromatic carbocycles. The van der Waals surface area contributed by atoms with E-state index in [0.29, 0.717) is 11.5 Å². The molecule has 3 rings (SSSR count). The standard InChI is InChI=1S/C14H15N7O2/c1-20-8-11(7-15-20)16-14(22)9-21-18-13(17-19-21)10-23-12-5-3-2-4-6-12/h2-8H,9-10H2,1H3,(H,16,22). The van der Waals surface area contributed by atoms with Crippen LogP contribution in [-0.2, 0) is 25.0 Å². The number of anilines is 1. The van der Waals surface area contributed by atoms with Crippen LogP contribution < -0.4 is 10.1 Å². The average molecular weight is 313 g/mol. The highest BCUT2D eigenvalue weighted by Gasteiger charge is 2.09. The summed E-state index contributed by atoms with van der Waals surface area (Å²) in [7, 11) is 1.77. The van der Waals surface area contributed by atoms with Gasteiger partial charge in [-0.2, -0.15) is 9.90 Å². The number of ether oxygens (including phenoxy) is 1. The summed E-state index contributed by atoms with van der Waals surface area (Å²) in [4.78, 5) is 13.1. The third-order valence-corrected chi connectivity index (χ3v) is 2.88. The van der Waals surface area contributed by atoms with Crippen LogP contribution in [0.25, 0.3) is 0 Å². The Hall–Kier alpha value is -3.23. The summed E-state index contributed by atoms with van der Waals surface area (Å²) in [5.41, 5.74) is 0.616. The van der Waals surface area contributed by atoms with Crippen molar-refractivity contribution in [1.82, 2.24) is 30.0 Å². The van der Waals surface area contributed by atoms with E-state index in [9.17, 15) is 4.79 Å². The SMILES string of the molecule is Cn1cc(NC(=O)Cn2nnc(COc3ccccc3)n2)cn1. The van der Waals surface area contributed by atoms with Crippen molar-refractivity contribution >= 4 is 11.6 Å². The van der Waals surface area contributed by atoms with Crippen molar-refractivity contribution < 1.29 is 9.53 Å². The van der Waals surface area contributed by atoms with Crippen molar-refractivity contribution in [3.8, 4) is 5.75 Å². The third-order valence-electron chi connectivity index (χ3n) is 2.88.